The van der Waals surface area contributed by atoms with Crippen molar-refractivity contribution in [2.45, 2.75) is 19.8 Å². The summed E-state index contributed by atoms with van der Waals surface area (Å²) in [5.74, 6) is 0.0152. The minimum Gasteiger partial charge on any atom is -0.469 e. The number of nitrogens with two attached hydrogens (primary N) is 1. The Balaban J connectivity index is 2.58. The number of aromatic nitrogens is 1. The highest BCUT2D eigenvalue weighted by Crippen LogP contribution is 2.17. The van der Waals surface area contributed by atoms with Gasteiger partial charge in [0.25, 0.3) is 0 Å². The summed E-state index contributed by atoms with van der Waals surface area (Å²) in [4.78, 5) is 10.8. The van der Waals surface area contributed by atoms with Crippen LogP contribution in [0.15, 0.2) is 4.52 Å². The van der Waals surface area contributed by atoms with Gasteiger partial charge in [-0.3, -0.25) is 4.79 Å². The molecule has 0 aliphatic rings. The number of carbonyl (C=O) groups excluding carboxylic acids is 1. The second-order valence-corrected chi connectivity index (χ2v) is 2.69. The fourth-order valence-corrected chi connectivity index (χ4v) is 1.04. The number of anilines is 1. The first kappa shape index (κ1) is 9.57. The molecule has 72 valence electrons. The van der Waals surface area contributed by atoms with Crippen LogP contribution in [0.2, 0.25) is 0 Å². The highest BCUT2D eigenvalue weighted by Gasteiger charge is 2.11. The van der Waals surface area contributed by atoms with E-state index >= 15 is 0 Å². The molecule has 1 heterocycles. The van der Waals surface area contributed by atoms with Gasteiger partial charge in [0.2, 0.25) is 5.88 Å². The molecule has 0 aliphatic heterocycles. The number of esters is 1. The van der Waals surface area contributed by atoms with Crippen molar-refractivity contribution in [3.63, 3.8) is 0 Å². The van der Waals surface area contributed by atoms with Crippen LogP contribution in [0.5, 0.6) is 0 Å². The molecule has 2 N–H and O–H groups in total. The summed E-state index contributed by atoms with van der Waals surface area (Å²) in [6.45, 7) is 1.78. The maximum atomic E-state index is 10.8. The molecular formula is C8H12N2O3. The molecule has 0 unspecified atom stereocenters. The lowest BCUT2D eigenvalue weighted by molar-refractivity contribution is -0.140. The summed E-state index contributed by atoms with van der Waals surface area (Å²) < 4.78 is 9.23. The van der Waals surface area contributed by atoms with Crippen molar-refractivity contribution >= 4 is 11.9 Å². The molecule has 5 heteroatoms. The molecule has 0 aromatic carbocycles. The summed E-state index contributed by atoms with van der Waals surface area (Å²) in [6, 6.07) is 0. The number of methoxy groups -OCH3 is 1. The van der Waals surface area contributed by atoms with E-state index in [9.17, 15) is 4.79 Å². The van der Waals surface area contributed by atoms with E-state index in [4.69, 9.17) is 10.3 Å². The molecule has 1 aromatic rings. The predicted molar refractivity (Wildman–Crippen MR) is 46.0 cm³/mol. The highest BCUT2D eigenvalue weighted by molar-refractivity contribution is 5.69. The summed E-state index contributed by atoms with van der Waals surface area (Å²) in [7, 11) is 1.35. The SMILES string of the molecule is COC(=O)CCc1c(C)noc1N. The van der Waals surface area contributed by atoms with Gasteiger partial charge in [-0.2, -0.15) is 0 Å². The fourth-order valence-electron chi connectivity index (χ4n) is 1.04. The Morgan fingerprint density at radius 1 is 1.69 bits per heavy atom. The summed E-state index contributed by atoms with van der Waals surface area (Å²) in [5.41, 5.74) is 6.99. The molecule has 0 bridgehead atoms. The molecule has 1 rings (SSSR count). The maximum Gasteiger partial charge on any atom is 0.305 e. The summed E-state index contributed by atoms with van der Waals surface area (Å²) in [5, 5.41) is 3.67. The van der Waals surface area contributed by atoms with Crippen molar-refractivity contribution in [2.24, 2.45) is 0 Å². The number of nitrogens with zero attached hydrogens (tertiary/aromatic N) is 1. The Bertz CT molecular complexity index is 287. The van der Waals surface area contributed by atoms with Gasteiger partial charge in [0.15, 0.2) is 0 Å². The van der Waals surface area contributed by atoms with Gasteiger partial charge in [0.05, 0.1) is 12.8 Å². The molecular weight excluding hydrogens is 172 g/mol. The van der Waals surface area contributed by atoms with Gasteiger partial charge in [-0.15, -0.1) is 0 Å². The molecule has 0 atom stereocenters. The van der Waals surface area contributed by atoms with Crippen molar-refractivity contribution in [3.05, 3.63) is 11.3 Å². The highest BCUT2D eigenvalue weighted by atomic mass is 16.5. The Hall–Kier alpha value is -1.52. The lowest BCUT2D eigenvalue weighted by atomic mass is 10.1. The zero-order chi connectivity index (χ0) is 9.84. The first-order valence-electron chi connectivity index (χ1n) is 3.92. The van der Waals surface area contributed by atoms with Crippen LogP contribution in [0.25, 0.3) is 0 Å². The van der Waals surface area contributed by atoms with Gasteiger partial charge in [0, 0.05) is 12.0 Å². The third-order valence-electron chi connectivity index (χ3n) is 1.82. The molecule has 13 heavy (non-hydrogen) atoms. The van der Waals surface area contributed by atoms with E-state index in [1.807, 2.05) is 0 Å². The first-order valence-corrected chi connectivity index (χ1v) is 3.92. The molecule has 0 aliphatic carbocycles. The Kier molecular flexibility index (Phi) is 2.89. The molecule has 0 amide bonds. The van der Waals surface area contributed by atoms with Gasteiger partial charge in [-0.05, 0) is 13.3 Å². The number of aryl methyl sites for hydroxylation is 1. The van der Waals surface area contributed by atoms with Crippen LogP contribution in [0.1, 0.15) is 17.7 Å². The molecule has 0 saturated carbocycles. The second-order valence-electron chi connectivity index (χ2n) is 2.69. The van der Waals surface area contributed by atoms with Crippen LogP contribution < -0.4 is 5.73 Å². The first-order chi connectivity index (χ1) is 6.15. The van der Waals surface area contributed by atoms with Gasteiger partial charge >= 0.3 is 5.97 Å². The minimum atomic E-state index is -0.264. The smallest absolute Gasteiger partial charge is 0.305 e. The predicted octanol–water partition coefficient (Wildman–Crippen LogP) is 0.671. The topological polar surface area (TPSA) is 78.3 Å². The van der Waals surface area contributed by atoms with Crippen molar-refractivity contribution in [2.75, 3.05) is 12.8 Å². The molecule has 1 aromatic heterocycles. The molecule has 5 nitrogen and oxygen atoms in total. The van der Waals surface area contributed by atoms with E-state index in [1.165, 1.54) is 7.11 Å². The Morgan fingerprint density at radius 2 is 2.38 bits per heavy atom. The van der Waals surface area contributed by atoms with E-state index in [2.05, 4.69) is 9.89 Å². The van der Waals surface area contributed by atoms with E-state index in [1.54, 1.807) is 6.92 Å². The Morgan fingerprint density at radius 3 is 2.85 bits per heavy atom. The van der Waals surface area contributed by atoms with Crippen LogP contribution >= 0.6 is 0 Å². The number of nitrogen functional groups attached to an aromatic ring is 1. The van der Waals surface area contributed by atoms with Crippen LogP contribution in [0, 0.1) is 6.92 Å². The van der Waals surface area contributed by atoms with Gasteiger partial charge in [-0.25, -0.2) is 0 Å². The summed E-state index contributed by atoms with van der Waals surface area (Å²) >= 11 is 0. The van der Waals surface area contributed by atoms with Gasteiger partial charge in [0.1, 0.15) is 0 Å². The molecule has 0 spiro atoms. The third kappa shape index (κ3) is 2.21. The minimum absolute atomic E-state index is 0.264. The quantitative estimate of drug-likeness (QED) is 0.698. The molecule has 0 fully saturated rings. The normalized spacial score (nSPS) is 10.0. The molecule has 0 saturated heterocycles. The zero-order valence-corrected chi connectivity index (χ0v) is 7.66. The van der Waals surface area contributed by atoms with Crippen molar-refractivity contribution in [1.82, 2.24) is 5.16 Å². The van der Waals surface area contributed by atoms with E-state index < -0.39 is 0 Å². The average Bonchev–Trinajstić information content (AvgIpc) is 2.43. The van der Waals surface area contributed by atoms with E-state index in [0.29, 0.717) is 12.8 Å². The second kappa shape index (κ2) is 3.93. The Labute approximate surface area is 75.8 Å². The monoisotopic (exact) mass is 184 g/mol. The van der Waals surface area contributed by atoms with Crippen LogP contribution in [0.4, 0.5) is 5.88 Å². The number of hydrogen-bond acceptors (Lipinski definition) is 5. The lowest BCUT2D eigenvalue weighted by Gasteiger charge is -1.98. The van der Waals surface area contributed by atoms with E-state index in [0.717, 1.165) is 11.3 Å². The zero-order valence-electron chi connectivity index (χ0n) is 7.66. The number of ether oxygens (including phenoxy) is 1. The number of hydrogen-bond donors (Lipinski definition) is 1. The van der Waals surface area contributed by atoms with Crippen molar-refractivity contribution in [1.29, 1.82) is 0 Å². The lowest BCUT2D eigenvalue weighted by Crippen LogP contribution is -2.03. The van der Waals surface area contributed by atoms with Crippen LogP contribution in [-0.2, 0) is 16.0 Å². The maximum absolute atomic E-state index is 10.8. The van der Waals surface area contributed by atoms with Gasteiger partial charge < -0.3 is 15.0 Å². The van der Waals surface area contributed by atoms with E-state index in [-0.39, 0.29) is 11.9 Å². The van der Waals surface area contributed by atoms with Crippen LogP contribution in [0.3, 0.4) is 0 Å². The van der Waals surface area contributed by atoms with Crippen LogP contribution in [-0.4, -0.2) is 18.2 Å². The van der Waals surface area contributed by atoms with Crippen molar-refractivity contribution in [3.8, 4) is 0 Å². The average molecular weight is 184 g/mol. The fraction of sp³-hybridized carbons (Fsp3) is 0.500. The van der Waals surface area contributed by atoms with Crippen molar-refractivity contribution < 1.29 is 14.1 Å². The largest absolute Gasteiger partial charge is 0.469 e. The number of carbonyl (C=O) groups is 1. The number of rotatable bonds is 3. The summed E-state index contributed by atoms with van der Waals surface area (Å²) in [6.07, 6.45) is 0.802. The standard InChI is InChI=1S/C8H12N2O3/c1-5-6(8(9)13-10-5)3-4-7(11)12-2/h3-4,9H2,1-2H3. The van der Waals surface area contributed by atoms with Gasteiger partial charge in [-0.1, -0.05) is 5.16 Å². The molecule has 0 radical (unpaired) electrons. The third-order valence-corrected chi connectivity index (χ3v) is 1.82.